The number of fused-ring (bicyclic) bond motifs is 1. The van der Waals surface area contributed by atoms with Crippen molar-refractivity contribution >= 4 is 11.5 Å². The van der Waals surface area contributed by atoms with E-state index in [1.54, 1.807) is 18.5 Å². The fraction of sp³-hybridized carbons (Fsp3) is 0.263. The fourth-order valence-corrected chi connectivity index (χ4v) is 3.16. The van der Waals surface area contributed by atoms with Crippen LogP contribution in [0.2, 0.25) is 0 Å². The van der Waals surface area contributed by atoms with Gasteiger partial charge >= 0.3 is 6.18 Å². The number of benzene rings is 1. The van der Waals surface area contributed by atoms with E-state index in [4.69, 9.17) is 0 Å². The molecule has 0 spiro atoms. The third kappa shape index (κ3) is 3.41. The number of hydrogen-bond acceptors (Lipinski definition) is 5. The number of hydrogen-bond donors (Lipinski definition) is 1. The maximum Gasteiger partial charge on any atom is 0.453 e. The van der Waals surface area contributed by atoms with Crippen LogP contribution in [0, 0.1) is 13.8 Å². The summed E-state index contributed by atoms with van der Waals surface area (Å²) in [4.78, 5) is 0. The molecule has 7 nitrogen and oxygen atoms in total. The number of aromatic nitrogens is 6. The highest BCUT2D eigenvalue weighted by Crippen LogP contribution is 2.30. The Labute approximate surface area is 164 Å². The van der Waals surface area contributed by atoms with Crippen LogP contribution in [0.3, 0.4) is 0 Å². The summed E-state index contributed by atoms with van der Waals surface area (Å²) in [6.45, 7) is 3.83. The molecule has 10 heteroatoms. The third-order valence-electron chi connectivity index (χ3n) is 4.75. The van der Waals surface area contributed by atoms with Gasteiger partial charge in [0.05, 0.1) is 5.69 Å². The quantitative estimate of drug-likeness (QED) is 0.564. The van der Waals surface area contributed by atoms with E-state index in [2.05, 4.69) is 25.7 Å². The van der Waals surface area contributed by atoms with E-state index in [1.807, 2.05) is 43.6 Å². The Hall–Kier alpha value is -3.43. The van der Waals surface area contributed by atoms with Crippen molar-refractivity contribution in [3.63, 3.8) is 0 Å². The van der Waals surface area contributed by atoms with E-state index in [0.717, 1.165) is 21.3 Å². The topological polar surface area (TPSA) is 72.9 Å². The molecule has 0 aliphatic rings. The van der Waals surface area contributed by atoms with Gasteiger partial charge in [-0.1, -0.05) is 30.3 Å². The van der Waals surface area contributed by atoms with Crippen molar-refractivity contribution in [2.75, 3.05) is 5.32 Å². The van der Waals surface area contributed by atoms with Gasteiger partial charge in [0.2, 0.25) is 0 Å². The standard InChI is InChI=1S/C19H18F3N7/c1-11-12(2)17-24-25-18(19(20,21)22)29(17)27-16(11)23-9-14-10-28(3)26-15(14)13-7-5-4-6-8-13/h4-8,10H,9H2,1-3H3,(H,23,27). The van der Waals surface area contributed by atoms with Gasteiger partial charge in [-0.2, -0.15) is 22.8 Å². The van der Waals surface area contributed by atoms with Crippen molar-refractivity contribution in [3.05, 3.63) is 59.0 Å². The predicted molar refractivity (Wildman–Crippen MR) is 101 cm³/mol. The lowest BCUT2D eigenvalue weighted by atomic mass is 10.1. The van der Waals surface area contributed by atoms with Gasteiger partial charge in [0.25, 0.3) is 5.82 Å². The third-order valence-corrected chi connectivity index (χ3v) is 4.75. The Kier molecular flexibility index (Phi) is 4.48. The van der Waals surface area contributed by atoms with Crippen molar-refractivity contribution < 1.29 is 13.2 Å². The van der Waals surface area contributed by atoms with Crippen LogP contribution in [0.15, 0.2) is 36.5 Å². The maximum atomic E-state index is 13.2. The lowest BCUT2D eigenvalue weighted by molar-refractivity contribution is -0.146. The number of anilines is 1. The van der Waals surface area contributed by atoms with Crippen molar-refractivity contribution in [1.29, 1.82) is 0 Å². The summed E-state index contributed by atoms with van der Waals surface area (Å²) in [5, 5.41) is 18.7. The fourth-order valence-electron chi connectivity index (χ4n) is 3.16. The van der Waals surface area contributed by atoms with Gasteiger partial charge in [-0.25, -0.2) is 0 Å². The van der Waals surface area contributed by atoms with Crippen LogP contribution in [-0.2, 0) is 19.8 Å². The highest BCUT2D eigenvalue weighted by atomic mass is 19.4. The summed E-state index contributed by atoms with van der Waals surface area (Å²) in [5.41, 5.74) is 4.05. The van der Waals surface area contributed by atoms with Gasteiger partial charge < -0.3 is 5.32 Å². The van der Waals surface area contributed by atoms with Crippen LogP contribution in [0.4, 0.5) is 19.0 Å². The van der Waals surface area contributed by atoms with Gasteiger partial charge in [0.15, 0.2) is 11.5 Å². The predicted octanol–water partition coefficient (Wildman–Crippen LogP) is 3.77. The number of nitrogens with zero attached hydrogens (tertiary/aromatic N) is 6. The number of halogens is 3. The van der Waals surface area contributed by atoms with Gasteiger partial charge in [0, 0.05) is 36.5 Å². The summed E-state index contributed by atoms with van der Waals surface area (Å²) in [5.74, 6) is -0.812. The van der Waals surface area contributed by atoms with Crippen LogP contribution in [0.1, 0.15) is 22.5 Å². The Bertz CT molecular complexity index is 1180. The van der Waals surface area contributed by atoms with E-state index < -0.39 is 12.0 Å². The molecule has 0 fully saturated rings. The lowest BCUT2D eigenvalue weighted by Gasteiger charge is -2.12. The van der Waals surface area contributed by atoms with Gasteiger partial charge in [0.1, 0.15) is 0 Å². The zero-order chi connectivity index (χ0) is 20.8. The second-order valence-corrected chi connectivity index (χ2v) is 6.75. The Balaban J connectivity index is 1.70. The molecule has 0 bridgehead atoms. The molecule has 0 saturated heterocycles. The van der Waals surface area contributed by atoms with E-state index in [-0.39, 0.29) is 5.65 Å². The van der Waals surface area contributed by atoms with Crippen LogP contribution < -0.4 is 5.32 Å². The number of nitrogens with one attached hydrogen (secondary N) is 1. The van der Waals surface area contributed by atoms with Crippen LogP contribution in [0.5, 0.6) is 0 Å². The summed E-state index contributed by atoms with van der Waals surface area (Å²) in [6.07, 6.45) is -2.77. The molecule has 3 aromatic heterocycles. The van der Waals surface area contributed by atoms with Gasteiger partial charge in [-0.05, 0) is 19.4 Å². The largest absolute Gasteiger partial charge is 0.453 e. The van der Waals surface area contributed by atoms with E-state index in [1.165, 1.54) is 0 Å². The summed E-state index contributed by atoms with van der Waals surface area (Å²) in [6, 6.07) is 9.69. The zero-order valence-corrected chi connectivity index (χ0v) is 16.0. The minimum atomic E-state index is -4.64. The van der Waals surface area contributed by atoms with Crippen molar-refractivity contribution in [2.24, 2.45) is 7.05 Å². The molecule has 0 unspecified atom stereocenters. The zero-order valence-electron chi connectivity index (χ0n) is 16.0. The second kappa shape index (κ2) is 6.87. The molecule has 1 N–H and O–H groups in total. The molecular formula is C19H18F3N7. The lowest BCUT2D eigenvalue weighted by Crippen LogP contribution is -2.15. The van der Waals surface area contributed by atoms with Crippen molar-refractivity contribution in [1.82, 2.24) is 29.6 Å². The Morgan fingerprint density at radius 2 is 1.72 bits per heavy atom. The van der Waals surface area contributed by atoms with Gasteiger partial charge in [-0.15, -0.1) is 15.3 Å². The molecule has 4 aromatic rings. The SMILES string of the molecule is Cc1c(NCc2cn(C)nc2-c2ccccc2)nn2c(C(F)(F)F)nnc2c1C. The van der Waals surface area contributed by atoms with Crippen LogP contribution in [-0.4, -0.2) is 29.6 Å². The average Bonchev–Trinajstić information content (AvgIpc) is 3.27. The first-order chi connectivity index (χ1) is 13.8. The normalized spacial score (nSPS) is 11.9. The molecule has 0 amide bonds. The summed E-state index contributed by atoms with van der Waals surface area (Å²) in [7, 11) is 1.82. The monoisotopic (exact) mass is 401 g/mol. The molecule has 150 valence electrons. The van der Waals surface area contributed by atoms with Crippen molar-refractivity contribution in [2.45, 2.75) is 26.6 Å². The van der Waals surface area contributed by atoms with Crippen molar-refractivity contribution in [3.8, 4) is 11.3 Å². The maximum absolute atomic E-state index is 13.2. The molecule has 3 heterocycles. The van der Waals surface area contributed by atoms with Gasteiger partial charge in [-0.3, -0.25) is 4.68 Å². The number of alkyl halides is 3. The molecule has 29 heavy (non-hydrogen) atoms. The average molecular weight is 401 g/mol. The van der Waals surface area contributed by atoms with Crippen LogP contribution >= 0.6 is 0 Å². The summed E-state index contributed by atoms with van der Waals surface area (Å²) < 4.78 is 42.1. The number of rotatable bonds is 4. The number of aryl methyl sites for hydroxylation is 2. The molecule has 1 aromatic carbocycles. The van der Waals surface area contributed by atoms with E-state index in [9.17, 15) is 13.2 Å². The molecule has 0 saturated carbocycles. The minimum absolute atomic E-state index is 0.0896. The Morgan fingerprint density at radius 1 is 1.00 bits per heavy atom. The highest BCUT2D eigenvalue weighted by molar-refractivity contribution is 5.64. The Morgan fingerprint density at radius 3 is 2.41 bits per heavy atom. The first-order valence-electron chi connectivity index (χ1n) is 8.87. The summed E-state index contributed by atoms with van der Waals surface area (Å²) >= 11 is 0. The minimum Gasteiger partial charge on any atom is -0.364 e. The molecule has 0 radical (unpaired) electrons. The molecule has 4 rings (SSSR count). The highest BCUT2D eigenvalue weighted by Gasteiger charge is 2.38. The first-order valence-corrected chi connectivity index (χ1v) is 8.87. The smallest absolute Gasteiger partial charge is 0.364 e. The molecule has 0 atom stereocenters. The molecule has 0 aliphatic carbocycles. The second-order valence-electron chi connectivity index (χ2n) is 6.75. The van der Waals surface area contributed by atoms with E-state index in [0.29, 0.717) is 23.5 Å². The molecule has 0 aliphatic heterocycles. The van der Waals surface area contributed by atoms with E-state index >= 15 is 0 Å². The first kappa shape index (κ1) is 18.9. The van der Waals surface area contributed by atoms with Crippen LogP contribution in [0.25, 0.3) is 16.9 Å². The molecular weight excluding hydrogens is 383 g/mol.